The summed E-state index contributed by atoms with van der Waals surface area (Å²) in [5.41, 5.74) is 3.93. The molecule has 6 heteroatoms. The van der Waals surface area contributed by atoms with Crippen LogP contribution in [-0.2, 0) is 11.2 Å². The van der Waals surface area contributed by atoms with Gasteiger partial charge in [0.2, 0.25) is 5.91 Å². The fourth-order valence-electron chi connectivity index (χ4n) is 2.63. The van der Waals surface area contributed by atoms with Gasteiger partial charge in [0.25, 0.3) is 0 Å². The smallest absolute Gasteiger partial charge is 0.224 e. The maximum atomic E-state index is 12.2. The summed E-state index contributed by atoms with van der Waals surface area (Å²) in [5, 5.41) is 5.87. The number of carbonyl (C=O) groups is 1. The fraction of sp³-hybridized carbons (Fsp3) is 0.238. The van der Waals surface area contributed by atoms with E-state index in [4.69, 9.17) is 9.47 Å². The number of rotatable bonds is 7. The molecular formula is C21H22N2O3S. The van der Waals surface area contributed by atoms with Crippen LogP contribution in [0.3, 0.4) is 0 Å². The molecule has 0 saturated heterocycles. The molecule has 0 atom stereocenters. The zero-order valence-corrected chi connectivity index (χ0v) is 16.4. The molecule has 0 unspecified atom stereocenters. The molecule has 0 spiro atoms. The van der Waals surface area contributed by atoms with Gasteiger partial charge in [-0.05, 0) is 25.5 Å². The van der Waals surface area contributed by atoms with Crippen molar-refractivity contribution in [3.05, 3.63) is 59.1 Å². The Bertz CT molecular complexity index is 919. The molecule has 3 aromatic rings. The van der Waals surface area contributed by atoms with E-state index in [9.17, 15) is 4.79 Å². The number of benzene rings is 2. The maximum absolute atomic E-state index is 12.2. The lowest BCUT2D eigenvalue weighted by Gasteiger charge is -2.10. The van der Waals surface area contributed by atoms with Gasteiger partial charge in [-0.25, -0.2) is 4.98 Å². The van der Waals surface area contributed by atoms with Crippen molar-refractivity contribution >= 4 is 22.9 Å². The van der Waals surface area contributed by atoms with E-state index in [0.717, 1.165) is 16.3 Å². The maximum Gasteiger partial charge on any atom is 0.224 e. The van der Waals surface area contributed by atoms with E-state index in [-0.39, 0.29) is 5.91 Å². The fourth-order valence-corrected chi connectivity index (χ4v) is 3.49. The van der Waals surface area contributed by atoms with Crippen molar-refractivity contribution in [3.8, 4) is 22.1 Å². The normalized spacial score (nSPS) is 10.5. The number of thiazole rings is 1. The van der Waals surface area contributed by atoms with Crippen molar-refractivity contribution in [2.75, 3.05) is 19.5 Å². The van der Waals surface area contributed by atoms with Gasteiger partial charge < -0.3 is 14.8 Å². The lowest BCUT2D eigenvalue weighted by molar-refractivity contribution is -0.116. The monoisotopic (exact) mass is 382 g/mol. The SMILES string of the molecule is COc1ccc(NC(=O)CCc2csc(-c3ccc(C)cc3)n2)cc1OC. The summed E-state index contributed by atoms with van der Waals surface area (Å²) in [5.74, 6) is 1.14. The van der Waals surface area contributed by atoms with Crippen LogP contribution in [0.25, 0.3) is 10.6 Å². The van der Waals surface area contributed by atoms with Crippen LogP contribution >= 0.6 is 11.3 Å². The molecule has 27 heavy (non-hydrogen) atoms. The van der Waals surface area contributed by atoms with Gasteiger partial charge in [0.05, 0.1) is 19.9 Å². The van der Waals surface area contributed by atoms with Crippen LogP contribution in [0.5, 0.6) is 11.5 Å². The van der Waals surface area contributed by atoms with Crippen molar-refractivity contribution < 1.29 is 14.3 Å². The van der Waals surface area contributed by atoms with Gasteiger partial charge >= 0.3 is 0 Å². The first-order valence-corrected chi connectivity index (χ1v) is 9.50. The molecule has 0 aliphatic rings. The van der Waals surface area contributed by atoms with Crippen LogP contribution in [0.15, 0.2) is 47.8 Å². The second-order valence-electron chi connectivity index (χ2n) is 6.13. The van der Waals surface area contributed by atoms with E-state index >= 15 is 0 Å². The van der Waals surface area contributed by atoms with Crippen molar-refractivity contribution in [1.82, 2.24) is 4.98 Å². The Kier molecular flexibility index (Phi) is 6.08. The quantitative estimate of drug-likeness (QED) is 0.643. The molecule has 0 radical (unpaired) electrons. The highest BCUT2D eigenvalue weighted by molar-refractivity contribution is 7.13. The lowest BCUT2D eigenvalue weighted by Crippen LogP contribution is -2.12. The Morgan fingerprint density at radius 1 is 1.07 bits per heavy atom. The molecule has 140 valence electrons. The summed E-state index contributed by atoms with van der Waals surface area (Å²) in [6.07, 6.45) is 0.965. The Hall–Kier alpha value is -2.86. The zero-order chi connectivity index (χ0) is 19.2. The molecule has 0 fully saturated rings. The third-order valence-corrected chi connectivity index (χ3v) is 5.07. The molecule has 0 saturated carbocycles. The zero-order valence-electron chi connectivity index (χ0n) is 15.6. The number of hydrogen-bond acceptors (Lipinski definition) is 5. The van der Waals surface area contributed by atoms with E-state index < -0.39 is 0 Å². The van der Waals surface area contributed by atoms with Gasteiger partial charge in [-0.1, -0.05) is 29.8 Å². The summed E-state index contributed by atoms with van der Waals surface area (Å²) < 4.78 is 10.5. The molecule has 2 aromatic carbocycles. The Morgan fingerprint density at radius 3 is 2.52 bits per heavy atom. The van der Waals surface area contributed by atoms with Crippen LogP contribution in [0.2, 0.25) is 0 Å². The van der Waals surface area contributed by atoms with E-state index in [1.54, 1.807) is 43.8 Å². The van der Waals surface area contributed by atoms with Crippen molar-refractivity contribution in [3.63, 3.8) is 0 Å². The third kappa shape index (κ3) is 4.86. The minimum Gasteiger partial charge on any atom is -0.493 e. The number of aryl methyl sites for hydroxylation is 2. The highest BCUT2D eigenvalue weighted by Gasteiger charge is 2.10. The van der Waals surface area contributed by atoms with Gasteiger partial charge in [-0.3, -0.25) is 4.79 Å². The number of nitrogens with zero attached hydrogens (tertiary/aromatic N) is 1. The summed E-state index contributed by atoms with van der Waals surface area (Å²) in [7, 11) is 3.14. The van der Waals surface area contributed by atoms with Crippen LogP contribution < -0.4 is 14.8 Å². The van der Waals surface area contributed by atoms with E-state index in [1.165, 1.54) is 5.56 Å². The number of nitrogens with one attached hydrogen (secondary N) is 1. The lowest BCUT2D eigenvalue weighted by atomic mass is 10.1. The minimum atomic E-state index is -0.0629. The number of hydrogen-bond donors (Lipinski definition) is 1. The highest BCUT2D eigenvalue weighted by Crippen LogP contribution is 2.30. The summed E-state index contributed by atoms with van der Waals surface area (Å²) in [4.78, 5) is 16.9. The average molecular weight is 382 g/mol. The molecule has 1 N–H and O–H groups in total. The van der Waals surface area contributed by atoms with Gasteiger partial charge in [-0.15, -0.1) is 11.3 Å². The predicted molar refractivity (Wildman–Crippen MR) is 109 cm³/mol. The second-order valence-corrected chi connectivity index (χ2v) is 6.99. The molecule has 5 nitrogen and oxygen atoms in total. The largest absolute Gasteiger partial charge is 0.493 e. The molecule has 0 aliphatic carbocycles. The van der Waals surface area contributed by atoms with E-state index in [0.29, 0.717) is 30.0 Å². The number of ether oxygens (including phenoxy) is 2. The summed E-state index contributed by atoms with van der Waals surface area (Å²) >= 11 is 1.60. The van der Waals surface area contributed by atoms with Gasteiger partial charge in [0.1, 0.15) is 5.01 Å². The Labute approximate surface area is 163 Å². The van der Waals surface area contributed by atoms with Crippen LogP contribution in [-0.4, -0.2) is 25.1 Å². The molecular weight excluding hydrogens is 360 g/mol. The molecule has 1 aromatic heterocycles. The Morgan fingerprint density at radius 2 is 1.81 bits per heavy atom. The van der Waals surface area contributed by atoms with Crippen LogP contribution in [0.1, 0.15) is 17.7 Å². The number of anilines is 1. The molecule has 0 bridgehead atoms. The standard InChI is InChI=1S/C21H22N2O3S/c1-14-4-6-15(7-5-14)21-23-17(13-27-21)9-11-20(24)22-16-8-10-18(25-2)19(12-16)26-3/h4-8,10,12-13H,9,11H2,1-3H3,(H,22,24). The van der Waals surface area contributed by atoms with Crippen molar-refractivity contribution in [1.29, 1.82) is 0 Å². The van der Waals surface area contributed by atoms with Gasteiger partial charge in [0, 0.05) is 29.1 Å². The molecule has 3 rings (SSSR count). The highest BCUT2D eigenvalue weighted by atomic mass is 32.1. The molecule has 0 aliphatic heterocycles. The number of aromatic nitrogens is 1. The summed E-state index contributed by atoms with van der Waals surface area (Å²) in [6.45, 7) is 2.06. The van der Waals surface area contributed by atoms with Crippen LogP contribution in [0, 0.1) is 6.92 Å². The number of carbonyl (C=O) groups excluding carboxylic acids is 1. The third-order valence-electron chi connectivity index (χ3n) is 4.13. The first-order chi connectivity index (χ1) is 13.1. The second kappa shape index (κ2) is 8.68. The first kappa shape index (κ1) is 18.9. The minimum absolute atomic E-state index is 0.0629. The summed E-state index contributed by atoms with van der Waals surface area (Å²) in [6, 6.07) is 13.6. The van der Waals surface area contributed by atoms with Gasteiger partial charge in [0.15, 0.2) is 11.5 Å². The average Bonchev–Trinajstić information content (AvgIpc) is 3.16. The van der Waals surface area contributed by atoms with E-state index in [1.807, 2.05) is 5.38 Å². The van der Waals surface area contributed by atoms with Crippen molar-refractivity contribution in [2.24, 2.45) is 0 Å². The predicted octanol–water partition coefficient (Wildman–Crippen LogP) is 4.71. The molecule has 1 heterocycles. The van der Waals surface area contributed by atoms with Crippen molar-refractivity contribution in [2.45, 2.75) is 19.8 Å². The van der Waals surface area contributed by atoms with E-state index in [2.05, 4.69) is 41.5 Å². The number of methoxy groups -OCH3 is 2. The first-order valence-electron chi connectivity index (χ1n) is 8.62. The topological polar surface area (TPSA) is 60.5 Å². The molecule has 1 amide bonds. The number of amides is 1. The van der Waals surface area contributed by atoms with Gasteiger partial charge in [-0.2, -0.15) is 0 Å². The van der Waals surface area contributed by atoms with Crippen LogP contribution in [0.4, 0.5) is 5.69 Å². The Balaban J connectivity index is 1.57.